The number of nitrogens with one attached hydrogen (secondary N) is 3. The molecular formula is C69H71N9O10. The SMILES string of the molecule is COc1cc2c(cc1OCCCOc1cc3c(cc1OC)C(=O)N1C=C(c4ccc(N5CCN(C)CC5)cc4)C[C@H]1C=N3)N=C[C@@H]1CC(c3ccc(NC(=O)C(C)NC(=O)C(NC(=O)OCC4c5ccccc5-c5ccccc54)C(C)C)cc3)=CN1C2=O. The van der Waals surface area contributed by atoms with Gasteiger partial charge in [-0.2, -0.15) is 0 Å². The fourth-order valence-electron chi connectivity index (χ4n) is 12.2. The average molecular weight is 1190 g/mol. The zero-order chi connectivity index (χ0) is 61.2. The van der Waals surface area contributed by atoms with Gasteiger partial charge in [-0.05, 0) is 101 Å². The summed E-state index contributed by atoms with van der Waals surface area (Å²) in [6.07, 6.45) is 8.28. The van der Waals surface area contributed by atoms with Crippen molar-refractivity contribution >= 4 is 76.0 Å². The number of aliphatic imine (C=N–C) groups is 2. The van der Waals surface area contributed by atoms with Crippen LogP contribution in [-0.2, 0) is 14.3 Å². The minimum Gasteiger partial charge on any atom is -0.493 e. The van der Waals surface area contributed by atoms with Crippen molar-refractivity contribution < 1.29 is 47.7 Å². The summed E-state index contributed by atoms with van der Waals surface area (Å²) in [5.74, 6) is -0.142. The predicted molar refractivity (Wildman–Crippen MR) is 339 cm³/mol. The number of carbonyl (C=O) groups excluding carboxylic acids is 5. The lowest BCUT2D eigenvalue weighted by Gasteiger charge is -2.34. The third kappa shape index (κ3) is 12.1. The Kier molecular flexibility index (Phi) is 16.9. The first-order valence-electron chi connectivity index (χ1n) is 29.9. The highest BCUT2D eigenvalue weighted by Gasteiger charge is 2.37. The molecule has 452 valence electrons. The van der Waals surface area contributed by atoms with E-state index in [1.807, 2.05) is 67.1 Å². The highest BCUT2D eigenvalue weighted by atomic mass is 16.5. The Morgan fingerprint density at radius 1 is 0.602 bits per heavy atom. The summed E-state index contributed by atoms with van der Waals surface area (Å²) in [5, 5.41) is 8.34. The number of alkyl carbamates (subject to hydrolysis) is 1. The number of methoxy groups -OCH3 is 2. The largest absolute Gasteiger partial charge is 0.493 e. The minimum absolute atomic E-state index is 0.100. The maximum atomic E-state index is 14.2. The molecule has 5 aliphatic heterocycles. The molecule has 88 heavy (non-hydrogen) atoms. The first kappa shape index (κ1) is 58.6. The van der Waals surface area contributed by atoms with E-state index in [0.29, 0.717) is 70.4 Å². The summed E-state index contributed by atoms with van der Waals surface area (Å²) >= 11 is 0. The molecule has 3 N–H and O–H groups in total. The van der Waals surface area contributed by atoms with Gasteiger partial charge in [0.1, 0.15) is 18.7 Å². The molecule has 5 heterocycles. The van der Waals surface area contributed by atoms with Crippen LogP contribution in [0, 0.1) is 5.92 Å². The van der Waals surface area contributed by atoms with Crippen molar-refractivity contribution in [1.82, 2.24) is 25.3 Å². The van der Waals surface area contributed by atoms with Gasteiger partial charge in [0.25, 0.3) is 11.8 Å². The second-order valence-electron chi connectivity index (χ2n) is 23.2. The minimum atomic E-state index is -0.956. The smallest absolute Gasteiger partial charge is 0.407 e. The van der Waals surface area contributed by atoms with Gasteiger partial charge in [-0.3, -0.25) is 29.2 Å². The number of hydrogen-bond acceptors (Lipinski definition) is 14. The summed E-state index contributed by atoms with van der Waals surface area (Å²) in [6, 6.07) is 36.3. The van der Waals surface area contributed by atoms with Crippen molar-refractivity contribution in [1.29, 1.82) is 0 Å². The number of fused-ring (bicyclic) bond motifs is 7. The van der Waals surface area contributed by atoms with Crippen LogP contribution in [0.3, 0.4) is 0 Å². The van der Waals surface area contributed by atoms with Crippen LogP contribution in [0.4, 0.5) is 27.5 Å². The molecule has 0 saturated carbocycles. The van der Waals surface area contributed by atoms with Crippen LogP contribution in [0.25, 0.3) is 22.3 Å². The lowest BCUT2D eigenvalue weighted by molar-refractivity contribution is -0.128. The summed E-state index contributed by atoms with van der Waals surface area (Å²) in [6.45, 7) is 9.89. The summed E-state index contributed by atoms with van der Waals surface area (Å²) in [7, 11) is 5.21. The van der Waals surface area contributed by atoms with Crippen LogP contribution < -0.4 is 39.8 Å². The van der Waals surface area contributed by atoms with Crippen molar-refractivity contribution in [2.24, 2.45) is 15.9 Å². The summed E-state index contributed by atoms with van der Waals surface area (Å²) in [4.78, 5) is 86.1. The Morgan fingerprint density at radius 2 is 1.11 bits per heavy atom. The van der Waals surface area contributed by atoms with Gasteiger partial charge in [-0.1, -0.05) is 86.6 Å². The van der Waals surface area contributed by atoms with E-state index in [1.54, 1.807) is 80.3 Å². The number of ether oxygens (including phenoxy) is 5. The Balaban J connectivity index is 0.610. The monoisotopic (exact) mass is 1190 g/mol. The molecular weight excluding hydrogens is 1110 g/mol. The second kappa shape index (κ2) is 25.3. The summed E-state index contributed by atoms with van der Waals surface area (Å²) in [5.41, 5.74) is 11.8. The molecule has 0 radical (unpaired) electrons. The van der Waals surface area contributed by atoms with E-state index in [9.17, 15) is 24.0 Å². The molecule has 0 spiro atoms. The Morgan fingerprint density at radius 3 is 1.62 bits per heavy atom. The molecule has 0 aromatic heterocycles. The molecule has 6 aromatic carbocycles. The van der Waals surface area contributed by atoms with Crippen LogP contribution in [0.2, 0.25) is 0 Å². The lowest BCUT2D eigenvalue weighted by atomic mass is 9.98. The zero-order valence-electron chi connectivity index (χ0n) is 50.2. The highest BCUT2D eigenvalue weighted by Crippen LogP contribution is 2.46. The molecule has 6 aromatic rings. The van der Waals surface area contributed by atoms with Crippen LogP contribution in [0.5, 0.6) is 23.0 Å². The molecule has 1 aliphatic carbocycles. The highest BCUT2D eigenvalue weighted by molar-refractivity contribution is 6.07. The van der Waals surface area contributed by atoms with Crippen molar-refractivity contribution in [3.8, 4) is 34.1 Å². The number of hydrogen-bond donors (Lipinski definition) is 3. The third-order valence-corrected chi connectivity index (χ3v) is 17.2. The maximum Gasteiger partial charge on any atom is 0.407 e. The molecule has 19 heteroatoms. The van der Waals surface area contributed by atoms with Gasteiger partial charge >= 0.3 is 6.09 Å². The molecule has 12 rings (SSSR count). The molecule has 1 fully saturated rings. The van der Waals surface area contributed by atoms with E-state index in [4.69, 9.17) is 33.7 Å². The Hall–Kier alpha value is -9.75. The first-order valence-corrected chi connectivity index (χ1v) is 29.9. The maximum absolute atomic E-state index is 14.2. The van der Waals surface area contributed by atoms with Crippen LogP contribution >= 0.6 is 0 Å². The van der Waals surface area contributed by atoms with Gasteiger partial charge < -0.3 is 59.2 Å². The summed E-state index contributed by atoms with van der Waals surface area (Å²) < 4.78 is 29.6. The Labute approximate surface area is 511 Å². The van der Waals surface area contributed by atoms with Gasteiger partial charge in [-0.15, -0.1) is 0 Å². The normalized spacial score (nSPS) is 18.1. The first-order chi connectivity index (χ1) is 42.7. The molecule has 4 atom stereocenters. The molecule has 1 saturated heterocycles. The van der Waals surface area contributed by atoms with E-state index in [2.05, 4.69) is 69.2 Å². The van der Waals surface area contributed by atoms with E-state index in [0.717, 1.165) is 70.7 Å². The molecule has 0 bridgehead atoms. The molecule has 6 aliphatic rings. The van der Waals surface area contributed by atoms with Crippen molar-refractivity contribution in [2.45, 2.75) is 70.1 Å². The standard InChI is InChI=1S/C69H71N9O10/c1-41(2)64(74-69(83)88-40-57-53-14-9-7-12-51(53)52-13-8-10-15-54(52)57)66(80)72-42(3)65(79)73-47-20-16-43(17-21-47)45-30-49-36-70-58-34-62(60(84-5)32-55(58)67(81)77(49)38-45)86-28-11-29-87-63-35-59-56(33-61(63)85-6)68(82)78-39-46(31-50(78)37-71-59)44-18-22-48(23-19-44)76-26-24-75(4)25-27-76/h7-10,12-23,32-39,41-42,49-50,57,64H,11,24-31,40H2,1-6H3,(H,72,80)(H,73,79)(H,74,83)/t42?,49-,50-,64?/m0/s1. The number of rotatable bonds is 19. The number of amides is 5. The molecule has 19 nitrogen and oxygen atoms in total. The van der Waals surface area contributed by atoms with E-state index in [1.165, 1.54) is 12.8 Å². The third-order valence-electron chi connectivity index (χ3n) is 17.2. The topological polar surface area (TPSA) is 205 Å². The number of benzene rings is 6. The zero-order valence-corrected chi connectivity index (χ0v) is 50.2. The second-order valence-corrected chi connectivity index (χ2v) is 23.2. The van der Waals surface area contributed by atoms with Crippen LogP contribution in [0.1, 0.15) is 88.9 Å². The average Bonchev–Trinajstić information content (AvgIpc) is 2.39. The molecule has 2 unspecified atom stereocenters. The van der Waals surface area contributed by atoms with Gasteiger partial charge in [0.2, 0.25) is 11.8 Å². The number of anilines is 2. The van der Waals surface area contributed by atoms with Crippen LogP contribution in [0.15, 0.2) is 144 Å². The van der Waals surface area contributed by atoms with E-state index >= 15 is 0 Å². The van der Waals surface area contributed by atoms with Gasteiger partial charge in [0, 0.05) is 99.7 Å². The van der Waals surface area contributed by atoms with Crippen molar-refractivity contribution in [3.63, 3.8) is 0 Å². The van der Waals surface area contributed by atoms with Gasteiger partial charge in [0.05, 0.1) is 62.0 Å². The number of likely N-dealkylation sites (N-methyl/N-ethyl adjacent to an activating group) is 1. The fourth-order valence-corrected chi connectivity index (χ4v) is 12.2. The molecule has 5 amide bonds. The number of carbonyl (C=O) groups is 5. The van der Waals surface area contributed by atoms with E-state index in [-0.39, 0.29) is 55.6 Å². The van der Waals surface area contributed by atoms with Crippen molar-refractivity contribution in [3.05, 3.63) is 167 Å². The predicted octanol–water partition coefficient (Wildman–Crippen LogP) is 10.3. The fraction of sp³-hybridized carbons (Fsp3) is 0.319. The van der Waals surface area contributed by atoms with Gasteiger partial charge in [-0.25, -0.2) is 4.79 Å². The number of piperazine rings is 1. The van der Waals surface area contributed by atoms with E-state index < -0.39 is 30.0 Å². The van der Waals surface area contributed by atoms with Crippen LogP contribution in [-0.4, -0.2) is 148 Å². The lowest BCUT2D eigenvalue weighted by Crippen LogP contribution is -2.53. The number of nitrogens with zero attached hydrogens (tertiary/aromatic N) is 6. The Bertz CT molecular complexity index is 3770. The quantitative estimate of drug-likeness (QED) is 0.0648. The van der Waals surface area contributed by atoms with Crippen molar-refractivity contribution in [2.75, 3.05) is 77.5 Å². The van der Waals surface area contributed by atoms with Gasteiger partial charge in [0.15, 0.2) is 23.0 Å².